The SMILES string of the molecule is O=[P+]([O-])O[P+](=O)[O-].[Gd+3].[Sn+4]. The summed E-state index contributed by atoms with van der Waals surface area (Å²) in [5.41, 5.74) is 0. The van der Waals surface area contributed by atoms with Gasteiger partial charge in [-0.25, -0.2) is 0 Å². The van der Waals surface area contributed by atoms with E-state index in [1.165, 1.54) is 0 Å². The van der Waals surface area contributed by atoms with Crippen LogP contribution in [0.3, 0.4) is 0 Å². The molecule has 0 aliphatic carbocycles. The Hall–Kier alpha value is 2.20. The summed E-state index contributed by atoms with van der Waals surface area (Å²) >= 11 is 0. The summed E-state index contributed by atoms with van der Waals surface area (Å²) in [6, 6.07) is 0. The average molecular weight is 418 g/mol. The maximum Gasteiger partial charge on any atom is 4.00 e. The Kier molecular flexibility index (Phi) is 19.6. The smallest absolute Gasteiger partial charge is 0.563 e. The van der Waals surface area contributed by atoms with Gasteiger partial charge in [-0.15, -0.1) is 0 Å². The molecule has 0 spiro atoms. The quantitative estimate of drug-likeness (QED) is 0.409. The van der Waals surface area contributed by atoms with Crippen LogP contribution >= 0.6 is 16.5 Å². The Balaban J connectivity index is -0.000000180. The van der Waals surface area contributed by atoms with Crippen molar-refractivity contribution >= 4 is 40.4 Å². The number of hydrogen-bond acceptors (Lipinski definition) is 5. The van der Waals surface area contributed by atoms with Crippen LogP contribution < -0.4 is 9.79 Å². The molecule has 45 valence electrons. The molecule has 2 unspecified atom stereocenters. The maximum absolute atomic E-state index is 9.24. The van der Waals surface area contributed by atoms with Gasteiger partial charge in [0.2, 0.25) is 0 Å². The van der Waals surface area contributed by atoms with Gasteiger partial charge in [0.05, 0.1) is 0 Å². The van der Waals surface area contributed by atoms with Gasteiger partial charge in [0.15, 0.2) is 0 Å². The average Bonchev–Trinajstić information content (AvgIpc) is 1.27. The van der Waals surface area contributed by atoms with Crippen LogP contribution in [0, 0.1) is 39.9 Å². The van der Waals surface area contributed by atoms with E-state index < -0.39 is 16.5 Å². The van der Waals surface area contributed by atoms with Crippen LogP contribution in [0.4, 0.5) is 0 Å². The molecule has 2 atom stereocenters. The molecule has 0 aromatic heterocycles. The molecule has 1 radical (unpaired) electrons. The number of rotatable bonds is 2. The Morgan fingerprint density at radius 1 is 1.11 bits per heavy atom. The zero-order valence-corrected chi connectivity index (χ0v) is 10.7. The Bertz CT molecular complexity index is 91.1. The minimum atomic E-state index is -3.24. The van der Waals surface area contributed by atoms with E-state index in [1.54, 1.807) is 0 Å². The molecular formula is GdO5P2Sn+7. The summed E-state index contributed by atoms with van der Waals surface area (Å²) in [5, 5.41) is 0. The summed E-state index contributed by atoms with van der Waals surface area (Å²) in [5.74, 6) is 0. The van der Waals surface area contributed by atoms with Gasteiger partial charge in [-0.3, -0.25) is 0 Å². The molecule has 0 rings (SSSR count). The Labute approximate surface area is 102 Å². The van der Waals surface area contributed by atoms with Gasteiger partial charge in [0.1, 0.15) is 4.31 Å². The van der Waals surface area contributed by atoms with Gasteiger partial charge in [0.25, 0.3) is 0 Å². The van der Waals surface area contributed by atoms with Crippen LogP contribution in [0.2, 0.25) is 0 Å². The molecule has 0 saturated heterocycles. The van der Waals surface area contributed by atoms with E-state index in [2.05, 4.69) is 4.31 Å². The van der Waals surface area contributed by atoms with E-state index in [0.29, 0.717) is 0 Å². The molecule has 0 N–H and O–H groups in total. The van der Waals surface area contributed by atoms with Crippen LogP contribution in [0.25, 0.3) is 0 Å². The summed E-state index contributed by atoms with van der Waals surface area (Å²) in [6.45, 7) is 0. The third-order valence-electron chi connectivity index (χ3n) is 0.133. The van der Waals surface area contributed by atoms with Crippen LogP contribution in [0.15, 0.2) is 0 Å². The molecule has 0 aliphatic rings. The predicted molar refractivity (Wildman–Crippen MR) is 22.1 cm³/mol. The van der Waals surface area contributed by atoms with E-state index >= 15 is 0 Å². The summed E-state index contributed by atoms with van der Waals surface area (Å²) in [7, 11) is -6.47. The van der Waals surface area contributed by atoms with Gasteiger partial charge in [-0.2, -0.15) is 0 Å². The molecule has 5 nitrogen and oxygen atoms in total. The van der Waals surface area contributed by atoms with Gasteiger partial charge in [-0.1, -0.05) is 0 Å². The first kappa shape index (κ1) is 17.3. The van der Waals surface area contributed by atoms with E-state index in [9.17, 15) is 18.9 Å². The summed E-state index contributed by atoms with van der Waals surface area (Å²) in [4.78, 5) is 18.5. The minimum absolute atomic E-state index is 0. The van der Waals surface area contributed by atoms with Crippen molar-refractivity contribution in [1.29, 1.82) is 0 Å². The van der Waals surface area contributed by atoms with Crippen LogP contribution in [-0.2, 0) is 13.4 Å². The number of hydrogen-bond donors (Lipinski definition) is 0. The van der Waals surface area contributed by atoms with Crippen molar-refractivity contribution in [2.24, 2.45) is 0 Å². The van der Waals surface area contributed by atoms with Gasteiger partial charge in [0, 0.05) is 0 Å². The Morgan fingerprint density at radius 2 is 1.33 bits per heavy atom. The van der Waals surface area contributed by atoms with Crippen molar-refractivity contribution < 1.29 is 63.2 Å². The van der Waals surface area contributed by atoms with Gasteiger partial charge >= 0.3 is 80.4 Å². The third kappa shape index (κ3) is 17.8. The summed E-state index contributed by atoms with van der Waals surface area (Å²) < 4.78 is 21.6. The van der Waals surface area contributed by atoms with Crippen molar-refractivity contribution in [3.8, 4) is 0 Å². The first-order chi connectivity index (χ1) is 3.13. The molecule has 9 heavy (non-hydrogen) atoms. The molecular weight excluding hydrogens is 418 g/mol. The molecule has 0 amide bonds. The van der Waals surface area contributed by atoms with Crippen LogP contribution in [-0.4, -0.2) is 23.9 Å². The fourth-order valence-corrected chi connectivity index (χ4v) is 0.490. The third-order valence-corrected chi connectivity index (χ3v) is 1.20. The minimum Gasteiger partial charge on any atom is -0.563 e. The summed E-state index contributed by atoms with van der Waals surface area (Å²) in [6.07, 6.45) is 0. The molecule has 0 bridgehead atoms. The molecule has 0 aromatic carbocycles. The second-order valence-corrected chi connectivity index (χ2v) is 2.08. The zero-order chi connectivity index (χ0) is 5.86. The van der Waals surface area contributed by atoms with E-state index in [0.717, 1.165) is 0 Å². The zero-order valence-electron chi connectivity index (χ0n) is 3.79. The predicted octanol–water partition coefficient (Wildman–Crippen LogP) is -1.34. The molecule has 0 fully saturated rings. The molecule has 9 heteroatoms. The first-order valence-electron chi connectivity index (χ1n) is 1.10. The van der Waals surface area contributed by atoms with E-state index in [1.807, 2.05) is 0 Å². The van der Waals surface area contributed by atoms with Gasteiger partial charge in [-0.05, 0) is 9.13 Å². The first-order valence-corrected chi connectivity index (χ1v) is 3.29. The van der Waals surface area contributed by atoms with Crippen molar-refractivity contribution in [2.45, 2.75) is 0 Å². The van der Waals surface area contributed by atoms with Crippen molar-refractivity contribution in [3.05, 3.63) is 0 Å². The van der Waals surface area contributed by atoms with Crippen LogP contribution in [0.5, 0.6) is 0 Å². The monoisotopic (exact) mass is 420 g/mol. The maximum atomic E-state index is 9.24. The second kappa shape index (κ2) is 10.2. The standard InChI is InChI=1S/Gd.O5P2.Sn/c;1-6(2)5-7(3)4;/q+3;;+4. The topological polar surface area (TPSA) is 89.5 Å². The van der Waals surface area contributed by atoms with E-state index in [-0.39, 0.29) is 63.8 Å². The second-order valence-electron chi connectivity index (χ2n) is 0.529. The fourth-order valence-electron chi connectivity index (χ4n) is 0.0544. The molecule has 0 aliphatic heterocycles. The van der Waals surface area contributed by atoms with E-state index in [4.69, 9.17) is 0 Å². The Morgan fingerprint density at radius 3 is 1.33 bits per heavy atom. The van der Waals surface area contributed by atoms with Gasteiger partial charge < -0.3 is 9.79 Å². The van der Waals surface area contributed by atoms with Crippen molar-refractivity contribution in [2.75, 3.05) is 0 Å². The molecule has 0 saturated carbocycles. The molecule has 0 heterocycles. The van der Waals surface area contributed by atoms with Crippen LogP contribution in [0.1, 0.15) is 0 Å². The normalized spacial score (nSPS) is 10.4. The molecule has 0 aromatic rings. The van der Waals surface area contributed by atoms with Crippen molar-refractivity contribution in [3.63, 3.8) is 0 Å². The van der Waals surface area contributed by atoms with Crippen molar-refractivity contribution in [1.82, 2.24) is 0 Å². The fraction of sp³-hybridized carbons (Fsp3) is 0. The largest absolute Gasteiger partial charge is 4.00 e.